The molecule has 0 aliphatic carbocycles. The van der Waals surface area contributed by atoms with E-state index in [1.807, 2.05) is 0 Å². The van der Waals surface area contributed by atoms with Gasteiger partial charge in [0.05, 0.1) is 28.4 Å². The monoisotopic (exact) mass is 418 g/mol. The van der Waals surface area contributed by atoms with Crippen molar-refractivity contribution < 1.29 is 22.7 Å². The van der Waals surface area contributed by atoms with E-state index in [0.717, 1.165) is 17.7 Å². The third kappa shape index (κ3) is 3.72. The highest BCUT2D eigenvalue weighted by atomic mass is 19.1. The van der Waals surface area contributed by atoms with E-state index in [2.05, 4.69) is 15.7 Å². The van der Waals surface area contributed by atoms with Gasteiger partial charge in [0.15, 0.2) is 0 Å². The molecular weight excluding hydrogens is 397 g/mol. The zero-order chi connectivity index (χ0) is 21.4. The largest absolute Gasteiger partial charge is 0.473 e. The normalized spacial score (nSPS) is 18.7. The summed E-state index contributed by atoms with van der Waals surface area (Å²) >= 11 is 0. The third-order valence-electron chi connectivity index (χ3n) is 5.13. The molecule has 2 N–H and O–H groups in total. The molecule has 1 saturated heterocycles. The average Bonchev–Trinajstić information content (AvgIpc) is 3.23. The molecule has 4 rings (SSSR count). The molecule has 2 aromatic heterocycles. The zero-order valence-electron chi connectivity index (χ0n) is 16.5. The van der Waals surface area contributed by atoms with Crippen molar-refractivity contribution in [3.05, 3.63) is 64.4 Å². The third-order valence-corrected chi connectivity index (χ3v) is 5.13. The van der Waals surface area contributed by atoms with Crippen LogP contribution < -0.4 is 15.4 Å². The molecule has 1 fully saturated rings. The minimum atomic E-state index is -1.16. The van der Waals surface area contributed by atoms with Crippen LogP contribution >= 0.6 is 0 Å². The number of hydrogen-bond donors (Lipinski definition) is 2. The van der Waals surface area contributed by atoms with Crippen molar-refractivity contribution in [2.45, 2.75) is 32.7 Å². The Bertz CT molecular complexity index is 1100. The fourth-order valence-electron chi connectivity index (χ4n) is 3.59. The van der Waals surface area contributed by atoms with E-state index in [1.54, 1.807) is 26.0 Å². The molecule has 1 aliphatic rings. The van der Waals surface area contributed by atoms with Crippen molar-refractivity contribution >= 4 is 11.4 Å². The predicted octanol–water partition coefficient (Wildman–Crippen LogP) is 2.85. The second-order valence-corrected chi connectivity index (χ2v) is 7.37. The lowest BCUT2D eigenvalue weighted by atomic mass is 10.1. The highest BCUT2D eigenvalue weighted by Crippen LogP contribution is 2.25. The predicted molar refractivity (Wildman–Crippen MR) is 104 cm³/mol. The fraction of sp³-hybridized carbons (Fsp3) is 0.333. The number of benzene rings is 1. The van der Waals surface area contributed by atoms with Crippen LogP contribution in [0, 0.1) is 25.5 Å². The van der Waals surface area contributed by atoms with Crippen LogP contribution in [-0.4, -0.2) is 40.8 Å². The number of amides is 1. The molecule has 30 heavy (non-hydrogen) atoms. The number of fused-ring (bicyclic) bond motifs is 1. The highest BCUT2D eigenvalue weighted by molar-refractivity contribution is 6.02. The van der Waals surface area contributed by atoms with Crippen molar-refractivity contribution in [3.8, 4) is 5.88 Å². The summed E-state index contributed by atoms with van der Waals surface area (Å²) in [5, 5.41) is 9.96. The van der Waals surface area contributed by atoms with Gasteiger partial charge in [0, 0.05) is 19.2 Å². The summed E-state index contributed by atoms with van der Waals surface area (Å²) in [6.07, 6.45) is -1.16. The molecule has 2 atom stereocenters. The van der Waals surface area contributed by atoms with Crippen LogP contribution in [0.4, 0.5) is 13.2 Å². The number of hydrogen-bond acceptors (Lipinski definition) is 4. The van der Waals surface area contributed by atoms with Gasteiger partial charge in [-0.15, -0.1) is 0 Å². The number of rotatable bonds is 5. The maximum atomic E-state index is 13.9. The number of nitrogens with one attached hydrogen (secondary N) is 2. The Morgan fingerprint density at radius 3 is 2.67 bits per heavy atom. The topological polar surface area (TPSA) is 67.7 Å². The molecule has 1 aromatic carbocycles. The zero-order valence-corrected chi connectivity index (χ0v) is 16.5. The van der Waals surface area contributed by atoms with Crippen molar-refractivity contribution in [2.24, 2.45) is 0 Å². The second-order valence-electron chi connectivity index (χ2n) is 7.37. The van der Waals surface area contributed by atoms with Crippen LogP contribution in [0.5, 0.6) is 5.88 Å². The molecule has 1 amide bonds. The molecule has 0 bridgehead atoms. The number of ether oxygens (including phenoxy) is 1. The Kier molecular flexibility index (Phi) is 5.38. The summed E-state index contributed by atoms with van der Waals surface area (Å²) in [4.78, 5) is 12.8. The molecule has 6 nitrogen and oxygen atoms in total. The lowest BCUT2D eigenvalue weighted by Gasteiger charge is -2.14. The van der Waals surface area contributed by atoms with E-state index in [1.165, 1.54) is 10.6 Å². The number of aromatic nitrogens is 2. The molecule has 1 aliphatic heterocycles. The van der Waals surface area contributed by atoms with Gasteiger partial charge in [-0.25, -0.2) is 13.2 Å². The standard InChI is InChI=1S/C21H21F3N4O2/c1-11-6-18-20(21(29)26-17-9-25-8-16(17)24)12(2)27-28(18)19(7-11)30-10-13-14(22)4-3-5-15(13)23/h3-7,16-17,25H,8-10H2,1-2H3,(H,26,29)/t16-,17+/m0/s1. The van der Waals surface area contributed by atoms with Gasteiger partial charge in [-0.1, -0.05) is 6.07 Å². The molecule has 0 unspecified atom stereocenters. The van der Waals surface area contributed by atoms with Crippen LogP contribution in [-0.2, 0) is 6.61 Å². The van der Waals surface area contributed by atoms with Gasteiger partial charge in [0.25, 0.3) is 5.91 Å². The Balaban J connectivity index is 1.66. The van der Waals surface area contributed by atoms with Gasteiger partial charge < -0.3 is 15.4 Å². The van der Waals surface area contributed by atoms with Crippen molar-refractivity contribution in [3.63, 3.8) is 0 Å². The molecule has 158 valence electrons. The fourth-order valence-corrected chi connectivity index (χ4v) is 3.59. The smallest absolute Gasteiger partial charge is 0.255 e. The van der Waals surface area contributed by atoms with Crippen LogP contribution in [0.15, 0.2) is 30.3 Å². The van der Waals surface area contributed by atoms with E-state index >= 15 is 0 Å². The van der Waals surface area contributed by atoms with Gasteiger partial charge >= 0.3 is 0 Å². The minimum Gasteiger partial charge on any atom is -0.473 e. The van der Waals surface area contributed by atoms with Crippen LogP contribution in [0.1, 0.15) is 27.2 Å². The summed E-state index contributed by atoms with van der Waals surface area (Å²) in [5.74, 6) is -1.61. The lowest BCUT2D eigenvalue weighted by molar-refractivity contribution is 0.0925. The Hall–Kier alpha value is -3.07. The van der Waals surface area contributed by atoms with Gasteiger partial charge in [-0.2, -0.15) is 9.61 Å². The van der Waals surface area contributed by atoms with Crippen molar-refractivity contribution in [2.75, 3.05) is 13.1 Å². The average molecular weight is 418 g/mol. The first kappa shape index (κ1) is 20.2. The summed E-state index contributed by atoms with van der Waals surface area (Å²) in [6, 6.07) is 6.40. The SMILES string of the molecule is Cc1cc(OCc2c(F)cccc2F)n2nc(C)c(C(=O)N[C@@H]3CNC[C@@H]3F)c2c1. The van der Waals surface area contributed by atoms with Gasteiger partial charge in [0.2, 0.25) is 5.88 Å². The summed E-state index contributed by atoms with van der Waals surface area (Å²) in [7, 11) is 0. The van der Waals surface area contributed by atoms with Gasteiger partial charge in [-0.3, -0.25) is 4.79 Å². The number of aryl methyl sites for hydroxylation is 2. The number of carbonyl (C=O) groups excluding carboxylic acids is 1. The van der Waals surface area contributed by atoms with Gasteiger partial charge in [0.1, 0.15) is 24.4 Å². The van der Waals surface area contributed by atoms with Crippen molar-refractivity contribution in [1.29, 1.82) is 0 Å². The minimum absolute atomic E-state index is 0.197. The van der Waals surface area contributed by atoms with E-state index in [0.29, 0.717) is 23.3 Å². The Labute approximate surface area is 171 Å². The number of halogens is 3. The number of carbonyl (C=O) groups is 1. The first-order valence-corrected chi connectivity index (χ1v) is 9.56. The molecule has 3 heterocycles. The Morgan fingerprint density at radius 1 is 1.27 bits per heavy atom. The van der Waals surface area contributed by atoms with Gasteiger partial charge in [-0.05, 0) is 37.6 Å². The maximum absolute atomic E-state index is 13.9. The second kappa shape index (κ2) is 7.98. The van der Waals surface area contributed by atoms with E-state index in [4.69, 9.17) is 4.74 Å². The van der Waals surface area contributed by atoms with Crippen LogP contribution in [0.25, 0.3) is 5.52 Å². The summed E-state index contributed by atoms with van der Waals surface area (Å²) in [6.45, 7) is 3.68. The first-order valence-electron chi connectivity index (χ1n) is 9.56. The summed E-state index contributed by atoms with van der Waals surface area (Å²) < 4.78 is 48.8. The lowest BCUT2D eigenvalue weighted by Crippen LogP contribution is -2.41. The molecule has 0 radical (unpaired) electrons. The van der Waals surface area contributed by atoms with E-state index < -0.39 is 29.8 Å². The first-order chi connectivity index (χ1) is 14.3. The summed E-state index contributed by atoms with van der Waals surface area (Å²) in [5.41, 5.74) is 1.78. The number of nitrogens with zero attached hydrogens (tertiary/aromatic N) is 2. The van der Waals surface area contributed by atoms with E-state index in [-0.39, 0.29) is 24.6 Å². The van der Waals surface area contributed by atoms with E-state index in [9.17, 15) is 18.0 Å². The Morgan fingerprint density at radius 2 is 2.00 bits per heavy atom. The molecule has 0 saturated carbocycles. The van der Waals surface area contributed by atoms with Crippen LogP contribution in [0.2, 0.25) is 0 Å². The quantitative estimate of drug-likeness (QED) is 0.669. The molecule has 3 aromatic rings. The van der Waals surface area contributed by atoms with Crippen molar-refractivity contribution in [1.82, 2.24) is 20.2 Å². The number of alkyl halides is 1. The number of pyridine rings is 1. The molecular formula is C21H21F3N4O2. The van der Waals surface area contributed by atoms with Crippen LogP contribution in [0.3, 0.4) is 0 Å². The molecule has 0 spiro atoms. The maximum Gasteiger partial charge on any atom is 0.255 e. The molecule has 9 heteroatoms. The highest BCUT2D eigenvalue weighted by Gasteiger charge is 2.30.